The van der Waals surface area contributed by atoms with Gasteiger partial charge >= 0.3 is 215 Å². The van der Waals surface area contributed by atoms with Crippen molar-refractivity contribution < 1.29 is 14.0 Å². The van der Waals surface area contributed by atoms with Gasteiger partial charge < -0.3 is 0 Å². The summed E-state index contributed by atoms with van der Waals surface area (Å²) in [5.74, 6) is -1.04. The van der Waals surface area contributed by atoms with Gasteiger partial charge in [-0.05, 0) is 0 Å². The van der Waals surface area contributed by atoms with Crippen LogP contribution in [0.3, 0.4) is 0 Å². The molecule has 0 unspecified atom stereocenters. The van der Waals surface area contributed by atoms with Gasteiger partial charge in [-0.1, -0.05) is 0 Å². The number of thiocarbonyl (C=S) groups is 1. The minimum atomic E-state index is -2.00. The number of benzene rings is 2. The maximum absolute atomic E-state index is 14.4. The van der Waals surface area contributed by atoms with Crippen molar-refractivity contribution in [3.63, 3.8) is 0 Å². The van der Waals surface area contributed by atoms with Gasteiger partial charge in [0.1, 0.15) is 0 Å². The normalized spacial score (nSPS) is 17.1. The van der Waals surface area contributed by atoms with E-state index in [4.69, 9.17) is 12.2 Å². The van der Waals surface area contributed by atoms with Gasteiger partial charge in [-0.15, -0.1) is 0 Å². The first kappa shape index (κ1) is 23.2. The predicted octanol–water partition coefficient (Wildman–Crippen LogP) is 3.09. The van der Waals surface area contributed by atoms with Crippen LogP contribution in [0.2, 0.25) is 13.1 Å². The third-order valence-corrected chi connectivity index (χ3v) is 13.4. The average Bonchev–Trinajstić information content (AvgIpc) is 3.27. The van der Waals surface area contributed by atoms with Gasteiger partial charge in [-0.2, -0.15) is 0 Å². The van der Waals surface area contributed by atoms with E-state index in [1.165, 1.54) is 20.2 Å². The second-order valence-electron chi connectivity index (χ2n) is 8.88. The van der Waals surface area contributed by atoms with E-state index in [1.54, 1.807) is 32.3 Å². The van der Waals surface area contributed by atoms with Gasteiger partial charge in [-0.3, -0.25) is 0 Å². The number of anilines is 3. The molecule has 0 bridgehead atoms. The van der Waals surface area contributed by atoms with E-state index in [9.17, 15) is 14.0 Å². The topological polar surface area (TPSA) is 43.9 Å². The number of halogens is 1. The predicted molar refractivity (Wildman–Crippen MR) is 141 cm³/mol. The van der Waals surface area contributed by atoms with E-state index < -0.39 is 40.3 Å². The van der Waals surface area contributed by atoms with Crippen LogP contribution in [0, 0.1) is 5.82 Å². The van der Waals surface area contributed by atoms with Crippen molar-refractivity contribution >= 4 is 89.2 Å². The first-order chi connectivity index (χ1) is 16.1. The van der Waals surface area contributed by atoms with Gasteiger partial charge in [0.2, 0.25) is 0 Å². The van der Waals surface area contributed by atoms with Gasteiger partial charge in [-0.25, -0.2) is 0 Å². The van der Waals surface area contributed by atoms with Crippen molar-refractivity contribution in [2.75, 3.05) is 19.0 Å². The second-order valence-corrected chi connectivity index (χ2v) is 16.7. The molecule has 34 heavy (non-hydrogen) atoms. The Hall–Kier alpha value is -2.57. The molecule has 5 rings (SSSR count). The molecule has 2 aliphatic heterocycles. The van der Waals surface area contributed by atoms with Gasteiger partial charge in [0.25, 0.3) is 0 Å². The molecule has 9 heteroatoms. The van der Waals surface area contributed by atoms with E-state index in [2.05, 4.69) is 36.2 Å². The third kappa shape index (κ3) is 3.50. The molecule has 0 saturated carbocycles. The Balaban J connectivity index is 1.62. The third-order valence-electron chi connectivity index (χ3n) is 6.46. The molecule has 1 saturated heterocycles. The number of rotatable bonds is 2. The van der Waals surface area contributed by atoms with E-state index in [-0.39, 0.29) is 16.5 Å². The summed E-state index contributed by atoms with van der Waals surface area (Å²) >= 11 is 4.23. The monoisotopic (exact) mass is 605 g/mol. The molecule has 172 valence electrons. The number of hydrogen-bond acceptors (Lipinski definition) is 4. The SMILES string of the molecule is CN1C(=O)C(=Cc2ccc(N3c4ccccc4[Si](C)(C)c4ccc(F)cc43)[te]2)C(=O)N(C)C1=S. The minimum absolute atomic E-state index is 0.114. The summed E-state index contributed by atoms with van der Waals surface area (Å²) < 4.78 is 16.5. The van der Waals surface area contributed by atoms with Crippen LogP contribution in [0.15, 0.2) is 60.2 Å². The Morgan fingerprint density at radius 2 is 1.56 bits per heavy atom. The Morgan fingerprint density at radius 3 is 2.26 bits per heavy atom. The summed E-state index contributed by atoms with van der Waals surface area (Å²) in [7, 11) is 1.15. The van der Waals surface area contributed by atoms with Crippen molar-refractivity contribution in [3.8, 4) is 0 Å². The number of likely N-dealkylation sites (N-methyl/N-ethyl adjacent to an activating group) is 2. The number of para-hydroxylation sites is 1. The standard InChI is InChI=1S/C25H22FN3O2SSiTe/c1-27-23(30)17(24(31)28(2)25(27)32)14-16-10-12-22(34-16)29-18-7-5-6-8-20(18)33(3,4)21-11-9-15(26)13-19(21)29/h5-14H,1-4H3. The number of fused-ring (bicyclic) bond motifs is 2. The van der Waals surface area contributed by atoms with Crippen LogP contribution < -0.4 is 15.3 Å². The van der Waals surface area contributed by atoms with Crippen LogP contribution in [-0.2, 0) is 9.59 Å². The zero-order valence-corrected chi connectivity index (χ0v) is 23.3. The van der Waals surface area contributed by atoms with E-state index in [0.717, 1.165) is 18.7 Å². The summed E-state index contributed by atoms with van der Waals surface area (Å²) in [6.07, 6.45) is 1.70. The molecule has 2 aromatic carbocycles. The number of nitrogens with zero attached hydrogens (tertiary/aromatic N) is 3. The summed E-state index contributed by atoms with van der Waals surface area (Å²) in [6.45, 7) is 4.59. The number of hydrogen-bond donors (Lipinski definition) is 0. The van der Waals surface area contributed by atoms with Crippen molar-refractivity contribution in [1.82, 2.24) is 9.80 Å². The maximum atomic E-state index is 14.4. The zero-order chi connectivity index (χ0) is 24.4. The number of amides is 2. The summed E-state index contributed by atoms with van der Waals surface area (Å²) in [4.78, 5) is 30.3. The van der Waals surface area contributed by atoms with Crippen LogP contribution in [0.1, 0.15) is 3.58 Å². The molecule has 2 aliphatic rings. The zero-order valence-electron chi connectivity index (χ0n) is 19.1. The summed E-state index contributed by atoms with van der Waals surface area (Å²) in [5.41, 5.74) is 2.10. The van der Waals surface area contributed by atoms with Crippen molar-refractivity contribution in [2.45, 2.75) is 13.1 Å². The first-order valence-electron chi connectivity index (χ1n) is 10.7. The molecule has 5 nitrogen and oxygen atoms in total. The van der Waals surface area contributed by atoms with Gasteiger partial charge in [0.05, 0.1) is 0 Å². The fourth-order valence-electron chi connectivity index (χ4n) is 4.58. The summed E-state index contributed by atoms with van der Waals surface area (Å²) in [6, 6.07) is 17.5. The van der Waals surface area contributed by atoms with Crippen LogP contribution >= 0.6 is 12.2 Å². The fraction of sp³-hybridized carbons (Fsp3) is 0.160. The first-order valence-corrected chi connectivity index (χ1v) is 16.5. The van der Waals surface area contributed by atoms with Gasteiger partial charge in [0.15, 0.2) is 0 Å². The Bertz CT molecular complexity index is 1390. The molecule has 0 N–H and O–H groups in total. The number of carbonyl (C=O) groups is 2. The quantitative estimate of drug-likeness (QED) is 0.196. The van der Waals surface area contributed by atoms with Crippen molar-refractivity contribution in [3.05, 3.63) is 69.6 Å². The molecule has 1 fully saturated rings. The second kappa shape index (κ2) is 8.27. The van der Waals surface area contributed by atoms with E-state index in [0.29, 0.717) is 0 Å². The van der Waals surface area contributed by atoms with E-state index in [1.807, 2.05) is 24.3 Å². The molecule has 3 heterocycles. The van der Waals surface area contributed by atoms with Crippen LogP contribution in [-0.4, -0.2) is 69.3 Å². The Kier molecular flexibility index (Phi) is 5.64. The average molecular weight is 603 g/mol. The van der Waals surface area contributed by atoms with Crippen molar-refractivity contribution in [2.24, 2.45) is 0 Å². The molecule has 0 spiro atoms. The van der Waals surface area contributed by atoms with E-state index >= 15 is 0 Å². The molecule has 2 amide bonds. The Labute approximate surface area is 213 Å². The molecule has 1 aromatic heterocycles. The molecule has 0 atom stereocenters. The summed E-state index contributed by atoms with van der Waals surface area (Å²) in [5, 5.41) is 2.70. The fourth-order valence-corrected chi connectivity index (χ4v) is 10.5. The molecule has 0 radical (unpaired) electrons. The number of carbonyl (C=O) groups excluding carboxylic acids is 2. The molecular formula is C25H22FN3O2SSiTe. The van der Waals surface area contributed by atoms with Crippen LogP contribution in [0.4, 0.5) is 19.5 Å². The van der Waals surface area contributed by atoms with Crippen LogP contribution in [0.25, 0.3) is 6.08 Å². The molecule has 3 aromatic rings. The van der Waals surface area contributed by atoms with Crippen molar-refractivity contribution in [1.29, 1.82) is 0 Å². The molecule has 0 aliphatic carbocycles. The van der Waals surface area contributed by atoms with Crippen LogP contribution in [0.5, 0.6) is 0 Å². The Morgan fingerprint density at radius 1 is 0.912 bits per heavy atom. The van der Waals surface area contributed by atoms with Gasteiger partial charge in [0, 0.05) is 0 Å². The molecular weight excluding hydrogens is 581 g/mol.